The van der Waals surface area contributed by atoms with Gasteiger partial charge in [-0.25, -0.2) is 15.0 Å². The zero-order valence-corrected chi connectivity index (χ0v) is 13.0. The predicted octanol–water partition coefficient (Wildman–Crippen LogP) is -1.55. The molecule has 2 aromatic heterocycles. The second kappa shape index (κ2) is 5.43. The van der Waals surface area contributed by atoms with Crippen molar-refractivity contribution < 1.29 is 27.9 Å². The fourth-order valence-corrected chi connectivity index (χ4v) is 2.90. The van der Waals surface area contributed by atoms with Crippen molar-refractivity contribution in [1.82, 2.24) is 23.8 Å². The molecule has 3 heterocycles. The lowest BCUT2D eigenvalue weighted by Crippen LogP contribution is -2.44. The Hall–Kier alpha value is -1.70. The molecule has 126 valence electrons. The van der Waals surface area contributed by atoms with Crippen molar-refractivity contribution in [3.63, 3.8) is 0 Å². The van der Waals surface area contributed by atoms with Gasteiger partial charge in [-0.1, -0.05) is 0 Å². The maximum Gasteiger partial charge on any atom is 0.337 e. The highest BCUT2D eigenvalue weighted by atomic mass is 32.2. The molecule has 1 fully saturated rings. The van der Waals surface area contributed by atoms with Gasteiger partial charge >= 0.3 is 10.3 Å². The second-order valence-corrected chi connectivity index (χ2v) is 6.65. The van der Waals surface area contributed by atoms with Crippen LogP contribution >= 0.6 is 0 Å². The van der Waals surface area contributed by atoms with E-state index in [0.29, 0.717) is 21.2 Å². The fourth-order valence-electron chi connectivity index (χ4n) is 2.46. The lowest BCUT2D eigenvalue weighted by Gasteiger charge is -2.22. The fraction of sp³-hybridized carbons (Fsp3) is 0.545. The molecule has 1 aliphatic heterocycles. The third-order valence-corrected chi connectivity index (χ3v) is 4.69. The van der Waals surface area contributed by atoms with E-state index in [0.717, 1.165) is 7.05 Å². The van der Waals surface area contributed by atoms with E-state index in [4.69, 9.17) is 9.29 Å². The van der Waals surface area contributed by atoms with Gasteiger partial charge < -0.3 is 14.9 Å². The van der Waals surface area contributed by atoms with E-state index < -0.39 is 35.0 Å². The minimum Gasteiger partial charge on any atom is -0.386 e. The highest BCUT2D eigenvalue weighted by Gasteiger charge is 2.48. The number of aliphatic hydroxyl groups excluding tert-OH is 2. The molecule has 12 heteroatoms. The number of nitrogens with zero attached hydrogens (tertiary/aromatic N) is 5. The van der Waals surface area contributed by atoms with Crippen LogP contribution in [0.1, 0.15) is 11.9 Å². The molecule has 0 bridgehead atoms. The summed E-state index contributed by atoms with van der Waals surface area (Å²) in [7, 11) is -3.57. The molecular weight excluding hydrogens is 330 g/mol. The zero-order valence-electron chi connectivity index (χ0n) is 12.2. The molecule has 2 aromatic rings. The van der Waals surface area contributed by atoms with E-state index in [1.807, 2.05) is 0 Å². The van der Waals surface area contributed by atoms with Crippen molar-refractivity contribution in [1.29, 1.82) is 0 Å². The molecule has 23 heavy (non-hydrogen) atoms. The summed E-state index contributed by atoms with van der Waals surface area (Å²) < 4.78 is 38.7. The zero-order chi connectivity index (χ0) is 16.9. The minimum atomic E-state index is -4.60. The van der Waals surface area contributed by atoms with Crippen molar-refractivity contribution in [2.45, 2.75) is 31.6 Å². The molecule has 0 aromatic carbocycles. The average Bonchev–Trinajstić information content (AvgIpc) is 3.02. The first-order chi connectivity index (χ1) is 10.7. The highest BCUT2D eigenvalue weighted by Crippen LogP contribution is 2.33. The summed E-state index contributed by atoms with van der Waals surface area (Å²) in [6.07, 6.45) is -2.92. The van der Waals surface area contributed by atoms with Crippen LogP contribution in [0.15, 0.2) is 12.7 Å². The Labute approximate surface area is 131 Å². The molecule has 11 nitrogen and oxygen atoms in total. The molecule has 0 amide bonds. The van der Waals surface area contributed by atoms with Crippen molar-refractivity contribution >= 4 is 21.5 Å². The Balaban J connectivity index is 1.99. The number of aromatic nitrogens is 4. The summed E-state index contributed by atoms with van der Waals surface area (Å²) in [6, 6.07) is 0. The van der Waals surface area contributed by atoms with Crippen LogP contribution in [-0.4, -0.2) is 72.5 Å². The SMILES string of the molecule is Cc1ncnc2c1ncn2[C@@H]1O[C@@H](N(C)S(=O)(=O)O)[C@@H](O)[C@H]1O. The first-order valence-electron chi connectivity index (χ1n) is 6.58. The van der Waals surface area contributed by atoms with E-state index in [-0.39, 0.29) is 0 Å². The summed E-state index contributed by atoms with van der Waals surface area (Å²) in [6.45, 7) is 1.73. The molecular formula is C11H15N5O6S. The number of likely N-dealkylation sites (N-methyl/N-ethyl adjacent to an activating group) is 1. The van der Waals surface area contributed by atoms with Crippen LogP contribution in [0.4, 0.5) is 0 Å². The van der Waals surface area contributed by atoms with Gasteiger partial charge in [0.05, 0.1) is 12.0 Å². The van der Waals surface area contributed by atoms with Crippen molar-refractivity contribution in [3.05, 3.63) is 18.3 Å². The summed E-state index contributed by atoms with van der Waals surface area (Å²) >= 11 is 0. The first-order valence-corrected chi connectivity index (χ1v) is 7.97. The van der Waals surface area contributed by atoms with Crippen molar-refractivity contribution in [2.75, 3.05) is 7.05 Å². The quantitative estimate of drug-likeness (QED) is 0.561. The maximum atomic E-state index is 11.2. The number of hydrogen-bond acceptors (Lipinski definition) is 8. The number of aliphatic hydroxyl groups is 2. The van der Waals surface area contributed by atoms with E-state index in [1.54, 1.807) is 6.92 Å². The molecule has 4 atom stereocenters. The minimum absolute atomic E-state index is 0.365. The first kappa shape index (κ1) is 16.2. The predicted molar refractivity (Wildman–Crippen MR) is 75.3 cm³/mol. The Kier molecular flexibility index (Phi) is 3.82. The number of fused-ring (bicyclic) bond motifs is 1. The summed E-state index contributed by atoms with van der Waals surface area (Å²) in [5.41, 5.74) is 1.47. The Morgan fingerprint density at radius 1 is 1.26 bits per heavy atom. The largest absolute Gasteiger partial charge is 0.386 e. The van der Waals surface area contributed by atoms with Gasteiger partial charge in [0.25, 0.3) is 0 Å². The molecule has 1 aliphatic rings. The molecule has 0 spiro atoms. The lowest BCUT2D eigenvalue weighted by atomic mass is 10.2. The molecule has 0 saturated carbocycles. The molecule has 3 N–H and O–H groups in total. The smallest absolute Gasteiger partial charge is 0.337 e. The third-order valence-electron chi connectivity index (χ3n) is 3.75. The van der Waals surface area contributed by atoms with Crippen molar-refractivity contribution in [3.8, 4) is 0 Å². The normalized spacial score (nSPS) is 28.8. The van der Waals surface area contributed by atoms with Crippen LogP contribution in [-0.2, 0) is 15.0 Å². The Morgan fingerprint density at radius 3 is 2.61 bits per heavy atom. The van der Waals surface area contributed by atoms with Gasteiger partial charge in [0.1, 0.15) is 24.1 Å². The van der Waals surface area contributed by atoms with E-state index in [1.165, 1.54) is 17.2 Å². The van der Waals surface area contributed by atoms with E-state index in [2.05, 4.69) is 15.0 Å². The van der Waals surface area contributed by atoms with Crippen LogP contribution in [0.25, 0.3) is 11.2 Å². The second-order valence-electron chi connectivity index (χ2n) is 5.18. The standard InChI is InChI=1S/C11H15N5O6S/c1-5-6-9(13-3-12-5)16(4-14-6)11-8(18)7(17)10(22-11)15(2)23(19,20)21/h3-4,7-8,10-11,17-18H,1-2H3,(H,19,20,21)/t7-,8+,10+,11+/m0/s1. The monoisotopic (exact) mass is 345 g/mol. The van der Waals surface area contributed by atoms with Crippen molar-refractivity contribution in [2.24, 2.45) is 0 Å². The van der Waals surface area contributed by atoms with Gasteiger partial charge in [-0.05, 0) is 6.92 Å². The summed E-state index contributed by atoms with van der Waals surface area (Å²) in [5, 5.41) is 20.2. The third kappa shape index (κ3) is 2.58. The molecule has 1 saturated heterocycles. The topological polar surface area (TPSA) is 151 Å². The summed E-state index contributed by atoms with van der Waals surface area (Å²) in [4.78, 5) is 12.2. The van der Waals surface area contributed by atoms with Gasteiger partial charge in [0.2, 0.25) is 0 Å². The molecule has 0 radical (unpaired) electrons. The highest BCUT2D eigenvalue weighted by molar-refractivity contribution is 7.83. The van der Waals surface area contributed by atoms with Gasteiger partial charge in [-0.3, -0.25) is 9.12 Å². The lowest BCUT2D eigenvalue weighted by molar-refractivity contribution is -0.0723. The Morgan fingerprint density at radius 2 is 1.96 bits per heavy atom. The van der Waals surface area contributed by atoms with Crippen LogP contribution in [0.5, 0.6) is 0 Å². The van der Waals surface area contributed by atoms with Crippen LogP contribution in [0, 0.1) is 6.92 Å². The molecule has 0 aliphatic carbocycles. The number of rotatable bonds is 3. The van der Waals surface area contributed by atoms with Crippen LogP contribution in [0.2, 0.25) is 0 Å². The van der Waals surface area contributed by atoms with Gasteiger partial charge in [-0.2, -0.15) is 12.7 Å². The van der Waals surface area contributed by atoms with Gasteiger partial charge in [0.15, 0.2) is 18.1 Å². The Bertz CT molecular complexity index is 839. The van der Waals surface area contributed by atoms with Crippen LogP contribution < -0.4 is 0 Å². The van der Waals surface area contributed by atoms with Gasteiger partial charge in [-0.15, -0.1) is 0 Å². The molecule has 3 rings (SSSR count). The summed E-state index contributed by atoms with van der Waals surface area (Å²) in [5.74, 6) is 0. The number of ether oxygens (including phenoxy) is 1. The van der Waals surface area contributed by atoms with E-state index >= 15 is 0 Å². The number of imidazole rings is 1. The number of aryl methyl sites for hydroxylation is 1. The maximum absolute atomic E-state index is 11.2. The molecule has 0 unspecified atom stereocenters. The number of hydrogen-bond donors (Lipinski definition) is 3. The van der Waals surface area contributed by atoms with Gasteiger partial charge in [0, 0.05) is 7.05 Å². The van der Waals surface area contributed by atoms with Crippen LogP contribution in [0.3, 0.4) is 0 Å². The van der Waals surface area contributed by atoms with E-state index in [9.17, 15) is 18.6 Å². The average molecular weight is 345 g/mol.